The van der Waals surface area contributed by atoms with Gasteiger partial charge in [0.15, 0.2) is 0 Å². The second-order valence-corrected chi connectivity index (χ2v) is 5.66. The minimum Gasteiger partial charge on any atom is -0.494 e. The van der Waals surface area contributed by atoms with Gasteiger partial charge in [-0.25, -0.2) is 0 Å². The molecular formula is C20H28NO3+. The van der Waals surface area contributed by atoms with E-state index in [-0.39, 0.29) is 0 Å². The summed E-state index contributed by atoms with van der Waals surface area (Å²) < 4.78 is 16.5. The largest absolute Gasteiger partial charge is 0.494 e. The van der Waals surface area contributed by atoms with Crippen molar-refractivity contribution in [2.45, 2.75) is 19.4 Å². The highest BCUT2D eigenvalue weighted by Gasteiger charge is 1.98. The first-order valence-corrected chi connectivity index (χ1v) is 8.58. The Morgan fingerprint density at radius 2 is 1.46 bits per heavy atom. The molecule has 0 aliphatic heterocycles. The molecule has 0 bridgehead atoms. The number of rotatable bonds is 12. The Morgan fingerprint density at radius 1 is 0.750 bits per heavy atom. The van der Waals surface area contributed by atoms with E-state index in [1.807, 2.05) is 42.5 Å². The van der Waals surface area contributed by atoms with E-state index >= 15 is 0 Å². The number of ether oxygens (including phenoxy) is 3. The molecule has 0 fully saturated rings. The Hall–Kier alpha value is -2.04. The fraction of sp³-hybridized carbons (Fsp3) is 0.400. The molecule has 0 unspecified atom stereocenters. The zero-order chi connectivity index (χ0) is 16.9. The summed E-state index contributed by atoms with van der Waals surface area (Å²) in [5, 5.41) is 2.28. The highest BCUT2D eigenvalue weighted by Crippen LogP contribution is 2.18. The zero-order valence-electron chi connectivity index (χ0n) is 14.4. The Kier molecular flexibility index (Phi) is 8.76. The first-order chi connectivity index (χ1) is 11.9. The molecule has 130 valence electrons. The predicted molar refractivity (Wildman–Crippen MR) is 95.5 cm³/mol. The number of hydrogen-bond acceptors (Lipinski definition) is 3. The lowest BCUT2D eigenvalue weighted by atomic mass is 10.2. The van der Waals surface area contributed by atoms with E-state index in [9.17, 15) is 0 Å². The average Bonchev–Trinajstić information content (AvgIpc) is 2.64. The second-order valence-electron chi connectivity index (χ2n) is 5.66. The van der Waals surface area contributed by atoms with Gasteiger partial charge in [-0.2, -0.15) is 0 Å². The van der Waals surface area contributed by atoms with Crippen LogP contribution in [0, 0.1) is 0 Å². The summed E-state index contributed by atoms with van der Waals surface area (Å²) in [5.41, 5.74) is 1.17. The van der Waals surface area contributed by atoms with Gasteiger partial charge in [-0.3, -0.25) is 0 Å². The number of nitrogens with two attached hydrogens (primary N) is 1. The third kappa shape index (κ3) is 7.49. The van der Waals surface area contributed by atoms with E-state index in [1.165, 1.54) is 5.56 Å². The van der Waals surface area contributed by atoms with Crippen molar-refractivity contribution in [3.8, 4) is 11.5 Å². The predicted octanol–water partition coefficient (Wildman–Crippen LogP) is 2.63. The van der Waals surface area contributed by atoms with Gasteiger partial charge in [-0.15, -0.1) is 0 Å². The monoisotopic (exact) mass is 330 g/mol. The lowest BCUT2D eigenvalue weighted by Gasteiger charge is -2.09. The minimum absolute atomic E-state index is 0.584. The summed E-state index contributed by atoms with van der Waals surface area (Å²) in [6.07, 6.45) is 2.22. The van der Waals surface area contributed by atoms with Crippen molar-refractivity contribution in [3.05, 3.63) is 60.2 Å². The van der Waals surface area contributed by atoms with Crippen LogP contribution in [0.4, 0.5) is 0 Å². The smallest absolute Gasteiger partial charge is 0.120 e. The van der Waals surface area contributed by atoms with Gasteiger partial charge in [-0.05, 0) is 42.7 Å². The van der Waals surface area contributed by atoms with Crippen LogP contribution in [0.25, 0.3) is 0 Å². The third-order valence-corrected chi connectivity index (χ3v) is 3.67. The number of quaternary nitrogens is 1. The van der Waals surface area contributed by atoms with Crippen molar-refractivity contribution in [2.75, 3.05) is 33.4 Å². The van der Waals surface area contributed by atoms with Crippen molar-refractivity contribution >= 4 is 0 Å². The lowest BCUT2D eigenvalue weighted by Crippen LogP contribution is -2.85. The SMILES string of the molecule is COCC[NH2+]CCCCOc1ccc(OCc2ccccc2)cc1. The summed E-state index contributed by atoms with van der Waals surface area (Å²) in [7, 11) is 1.74. The second kappa shape index (κ2) is 11.5. The van der Waals surface area contributed by atoms with Crippen LogP contribution in [0.1, 0.15) is 18.4 Å². The summed E-state index contributed by atoms with van der Waals surface area (Å²) in [6.45, 7) is 4.30. The standard InChI is InChI=1S/C20H27NO3/c1-22-16-14-21-13-5-6-15-23-19-9-11-20(12-10-19)24-17-18-7-3-2-4-8-18/h2-4,7-12,21H,5-6,13-17H2,1H3/p+1. The molecule has 2 aromatic rings. The zero-order valence-corrected chi connectivity index (χ0v) is 14.4. The molecule has 2 rings (SSSR count). The number of unbranched alkanes of at least 4 members (excludes halogenated alkanes) is 1. The molecule has 2 N–H and O–H groups in total. The number of hydrogen-bond donors (Lipinski definition) is 1. The maximum absolute atomic E-state index is 5.77. The van der Waals surface area contributed by atoms with Crippen LogP contribution >= 0.6 is 0 Å². The highest BCUT2D eigenvalue weighted by atomic mass is 16.5. The first-order valence-electron chi connectivity index (χ1n) is 8.58. The molecule has 0 aromatic heterocycles. The molecule has 4 heteroatoms. The molecule has 4 nitrogen and oxygen atoms in total. The van der Waals surface area contributed by atoms with E-state index in [0.717, 1.165) is 50.6 Å². The molecule has 0 radical (unpaired) electrons. The third-order valence-electron chi connectivity index (χ3n) is 3.67. The van der Waals surface area contributed by atoms with Crippen molar-refractivity contribution in [1.82, 2.24) is 0 Å². The Bertz CT molecular complexity index is 543. The topological polar surface area (TPSA) is 44.3 Å². The van der Waals surface area contributed by atoms with Crippen LogP contribution in [-0.2, 0) is 11.3 Å². The van der Waals surface area contributed by atoms with Gasteiger partial charge in [0.1, 0.15) is 18.1 Å². The quantitative estimate of drug-likeness (QED) is 0.609. The van der Waals surface area contributed by atoms with Gasteiger partial charge >= 0.3 is 0 Å². The number of benzene rings is 2. The van der Waals surface area contributed by atoms with Gasteiger partial charge < -0.3 is 19.5 Å². The maximum Gasteiger partial charge on any atom is 0.120 e. The molecule has 0 atom stereocenters. The highest BCUT2D eigenvalue weighted by molar-refractivity contribution is 5.31. The van der Waals surface area contributed by atoms with Crippen LogP contribution in [-0.4, -0.2) is 33.4 Å². The van der Waals surface area contributed by atoms with Crippen molar-refractivity contribution < 1.29 is 19.5 Å². The fourth-order valence-corrected chi connectivity index (χ4v) is 2.30. The molecule has 0 heterocycles. The van der Waals surface area contributed by atoms with Gasteiger partial charge in [-0.1, -0.05) is 30.3 Å². The van der Waals surface area contributed by atoms with Crippen LogP contribution in [0.15, 0.2) is 54.6 Å². The molecular weight excluding hydrogens is 302 g/mol. The van der Waals surface area contributed by atoms with E-state index in [0.29, 0.717) is 6.61 Å². The molecule has 0 spiro atoms. The Labute approximate surface area is 144 Å². The molecule has 0 aliphatic carbocycles. The van der Waals surface area contributed by atoms with Gasteiger partial charge in [0.25, 0.3) is 0 Å². The van der Waals surface area contributed by atoms with Crippen LogP contribution in [0.2, 0.25) is 0 Å². The molecule has 0 saturated carbocycles. The number of methoxy groups -OCH3 is 1. The Morgan fingerprint density at radius 3 is 2.17 bits per heavy atom. The molecule has 2 aromatic carbocycles. The summed E-state index contributed by atoms with van der Waals surface area (Å²) >= 11 is 0. The maximum atomic E-state index is 5.77. The van der Waals surface area contributed by atoms with E-state index < -0.39 is 0 Å². The van der Waals surface area contributed by atoms with Crippen LogP contribution in [0.5, 0.6) is 11.5 Å². The minimum atomic E-state index is 0.584. The first kappa shape index (κ1) is 18.3. The fourth-order valence-electron chi connectivity index (χ4n) is 2.30. The van der Waals surface area contributed by atoms with Gasteiger partial charge in [0, 0.05) is 7.11 Å². The van der Waals surface area contributed by atoms with Crippen molar-refractivity contribution in [3.63, 3.8) is 0 Å². The van der Waals surface area contributed by atoms with Gasteiger partial charge in [0.05, 0.1) is 26.3 Å². The summed E-state index contributed by atoms with van der Waals surface area (Å²) in [5.74, 6) is 1.75. The normalized spacial score (nSPS) is 10.5. The summed E-state index contributed by atoms with van der Waals surface area (Å²) in [6, 6.07) is 18.0. The van der Waals surface area contributed by atoms with Crippen molar-refractivity contribution in [2.24, 2.45) is 0 Å². The van der Waals surface area contributed by atoms with Crippen molar-refractivity contribution in [1.29, 1.82) is 0 Å². The van der Waals surface area contributed by atoms with E-state index in [4.69, 9.17) is 14.2 Å². The molecule has 0 saturated heterocycles. The summed E-state index contributed by atoms with van der Waals surface area (Å²) in [4.78, 5) is 0. The van der Waals surface area contributed by atoms with Crippen LogP contribution in [0.3, 0.4) is 0 Å². The van der Waals surface area contributed by atoms with Crippen LogP contribution < -0.4 is 14.8 Å². The average molecular weight is 330 g/mol. The molecule has 0 amide bonds. The Balaban J connectivity index is 1.58. The van der Waals surface area contributed by atoms with Gasteiger partial charge in [0.2, 0.25) is 0 Å². The molecule has 0 aliphatic rings. The molecule has 24 heavy (non-hydrogen) atoms. The lowest BCUT2D eigenvalue weighted by molar-refractivity contribution is -0.656. The van der Waals surface area contributed by atoms with E-state index in [1.54, 1.807) is 7.11 Å². The van der Waals surface area contributed by atoms with E-state index in [2.05, 4.69) is 17.4 Å².